The molecule has 0 radical (unpaired) electrons. The maximum absolute atomic E-state index is 11.9. The number of hydrogen-bond acceptors (Lipinski definition) is 4. The molecule has 1 saturated heterocycles. The van der Waals surface area contributed by atoms with Crippen molar-refractivity contribution >= 4 is 11.7 Å². The molecule has 1 fully saturated rings. The average Bonchev–Trinajstić information content (AvgIpc) is 2.42. The molecule has 1 aromatic heterocycles. The quantitative estimate of drug-likeness (QED) is 0.748. The van der Waals surface area contributed by atoms with Crippen LogP contribution in [0.15, 0.2) is 16.9 Å². The first-order valence-corrected chi connectivity index (χ1v) is 6.71. The van der Waals surface area contributed by atoms with E-state index in [9.17, 15) is 9.59 Å². The van der Waals surface area contributed by atoms with Gasteiger partial charge < -0.3 is 10.6 Å². The number of carbonyl (C=O) groups is 1. The number of piperidine rings is 1. The molecule has 2 rings (SSSR count). The Balaban J connectivity index is 1.83. The number of H-pyrrole nitrogens is 1. The Kier molecular flexibility index (Phi) is 4.68. The molecule has 0 bridgehead atoms. The van der Waals surface area contributed by atoms with Crippen LogP contribution in [0, 0.1) is 11.8 Å². The van der Waals surface area contributed by atoms with Crippen molar-refractivity contribution in [3.05, 3.63) is 22.5 Å². The molecule has 6 nitrogen and oxygen atoms in total. The van der Waals surface area contributed by atoms with E-state index in [1.807, 2.05) is 0 Å². The van der Waals surface area contributed by atoms with Crippen LogP contribution in [0.5, 0.6) is 0 Å². The van der Waals surface area contributed by atoms with Gasteiger partial charge in [-0.2, -0.15) is 5.10 Å². The molecule has 0 saturated carbocycles. The van der Waals surface area contributed by atoms with Gasteiger partial charge in [0.1, 0.15) is 0 Å². The summed E-state index contributed by atoms with van der Waals surface area (Å²) in [6.07, 6.45) is 2.84. The Hall–Kier alpha value is -1.69. The van der Waals surface area contributed by atoms with E-state index in [4.69, 9.17) is 0 Å². The zero-order valence-corrected chi connectivity index (χ0v) is 11.1. The number of amides is 1. The third-order valence-corrected chi connectivity index (χ3v) is 3.59. The van der Waals surface area contributed by atoms with Gasteiger partial charge in [-0.1, -0.05) is 6.92 Å². The molecule has 1 aliphatic rings. The van der Waals surface area contributed by atoms with E-state index in [1.54, 1.807) is 0 Å². The Labute approximate surface area is 112 Å². The molecule has 104 valence electrons. The highest BCUT2D eigenvalue weighted by Crippen LogP contribution is 2.22. The molecule has 2 atom stereocenters. The second-order valence-corrected chi connectivity index (χ2v) is 5.14. The van der Waals surface area contributed by atoms with Crippen molar-refractivity contribution in [3.63, 3.8) is 0 Å². The summed E-state index contributed by atoms with van der Waals surface area (Å²) in [6.45, 7) is 4.18. The first kappa shape index (κ1) is 13.7. The molecule has 1 aliphatic heterocycles. The third kappa shape index (κ3) is 4.17. The largest absolute Gasteiger partial charge is 0.316 e. The minimum atomic E-state index is -0.278. The number of carbonyl (C=O) groups excluding carboxylic acids is 1. The van der Waals surface area contributed by atoms with E-state index < -0.39 is 0 Å². The lowest BCUT2D eigenvalue weighted by atomic mass is 9.85. The molecular weight excluding hydrogens is 244 g/mol. The van der Waals surface area contributed by atoms with Gasteiger partial charge in [-0.3, -0.25) is 9.59 Å². The lowest BCUT2D eigenvalue weighted by Crippen LogP contribution is -2.34. The van der Waals surface area contributed by atoms with Crippen LogP contribution in [0.25, 0.3) is 0 Å². The fourth-order valence-corrected chi connectivity index (χ4v) is 2.43. The number of anilines is 1. The van der Waals surface area contributed by atoms with Crippen LogP contribution in [0.3, 0.4) is 0 Å². The fraction of sp³-hybridized carbons (Fsp3) is 0.615. The standard InChI is InChI=1S/C13H20N4O2/c1-9(10-3-2-6-14-8-10)7-13(19)15-11-4-5-12(18)17-16-11/h4-5,9-10,14H,2-3,6-8H2,1H3,(H,17,18)(H,15,16,19). The zero-order chi connectivity index (χ0) is 13.7. The van der Waals surface area contributed by atoms with Gasteiger partial charge in [0.25, 0.3) is 5.56 Å². The first-order chi connectivity index (χ1) is 9.15. The van der Waals surface area contributed by atoms with Crippen molar-refractivity contribution in [1.29, 1.82) is 0 Å². The second-order valence-electron chi connectivity index (χ2n) is 5.14. The van der Waals surface area contributed by atoms with E-state index in [1.165, 1.54) is 25.0 Å². The summed E-state index contributed by atoms with van der Waals surface area (Å²) in [4.78, 5) is 22.7. The molecule has 0 aromatic carbocycles. The van der Waals surface area contributed by atoms with Crippen LogP contribution in [0.1, 0.15) is 26.2 Å². The van der Waals surface area contributed by atoms with Gasteiger partial charge in [-0.15, -0.1) is 0 Å². The zero-order valence-electron chi connectivity index (χ0n) is 11.1. The highest BCUT2D eigenvalue weighted by molar-refractivity contribution is 5.89. The van der Waals surface area contributed by atoms with Crippen molar-refractivity contribution in [3.8, 4) is 0 Å². The summed E-state index contributed by atoms with van der Waals surface area (Å²) in [5.74, 6) is 1.23. The van der Waals surface area contributed by atoms with Crippen molar-refractivity contribution in [1.82, 2.24) is 15.5 Å². The Morgan fingerprint density at radius 1 is 1.58 bits per heavy atom. The molecule has 1 aromatic rings. The molecule has 2 unspecified atom stereocenters. The fourth-order valence-electron chi connectivity index (χ4n) is 2.43. The van der Waals surface area contributed by atoms with Gasteiger partial charge >= 0.3 is 0 Å². The SMILES string of the molecule is CC(CC(=O)Nc1ccc(=O)[nH]n1)C1CCCNC1. The highest BCUT2D eigenvalue weighted by atomic mass is 16.1. The van der Waals surface area contributed by atoms with Gasteiger partial charge in [0.05, 0.1) is 0 Å². The number of aromatic nitrogens is 2. The molecule has 2 heterocycles. The highest BCUT2D eigenvalue weighted by Gasteiger charge is 2.22. The summed E-state index contributed by atoms with van der Waals surface area (Å²) in [7, 11) is 0. The van der Waals surface area contributed by atoms with Crippen LogP contribution in [0.4, 0.5) is 5.82 Å². The molecule has 19 heavy (non-hydrogen) atoms. The van der Waals surface area contributed by atoms with E-state index in [2.05, 4.69) is 27.8 Å². The van der Waals surface area contributed by atoms with Crippen LogP contribution in [-0.4, -0.2) is 29.2 Å². The Morgan fingerprint density at radius 3 is 3.05 bits per heavy atom. The lowest BCUT2D eigenvalue weighted by molar-refractivity contribution is -0.117. The van der Waals surface area contributed by atoms with Crippen molar-refractivity contribution in [2.75, 3.05) is 18.4 Å². The van der Waals surface area contributed by atoms with Gasteiger partial charge in [0.2, 0.25) is 5.91 Å². The number of aromatic amines is 1. The molecule has 0 spiro atoms. The van der Waals surface area contributed by atoms with E-state index >= 15 is 0 Å². The number of rotatable bonds is 4. The van der Waals surface area contributed by atoms with Gasteiger partial charge in [-0.25, -0.2) is 5.10 Å². The van der Waals surface area contributed by atoms with Gasteiger partial charge in [0, 0.05) is 12.5 Å². The van der Waals surface area contributed by atoms with Crippen LogP contribution < -0.4 is 16.2 Å². The maximum atomic E-state index is 11.9. The summed E-state index contributed by atoms with van der Waals surface area (Å²) in [6, 6.07) is 2.85. The van der Waals surface area contributed by atoms with Crippen molar-refractivity contribution < 1.29 is 4.79 Å². The predicted molar refractivity (Wildman–Crippen MR) is 72.9 cm³/mol. The van der Waals surface area contributed by atoms with Crippen LogP contribution in [-0.2, 0) is 4.79 Å². The topological polar surface area (TPSA) is 86.9 Å². The summed E-state index contributed by atoms with van der Waals surface area (Å²) in [5, 5.41) is 12.1. The average molecular weight is 264 g/mol. The first-order valence-electron chi connectivity index (χ1n) is 6.71. The minimum absolute atomic E-state index is 0.0578. The summed E-state index contributed by atoms with van der Waals surface area (Å²) < 4.78 is 0. The third-order valence-electron chi connectivity index (χ3n) is 3.59. The smallest absolute Gasteiger partial charge is 0.264 e. The maximum Gasteiger partial charge on any atom is 0.264 e. The minimum Gasteiger partial charge on any atom is -0.316 e. The van der Waals surface area contributed by atoms with Crippen LogP contribution >= 0.6 is 0 Å². The summed E-state index contributed by atoms with van der Waals surface area (Å²) in [5.41, 5.74) is -0.278. The Bertz CT molecular complexity index is 459. The van der Waals surface area contributed by atoms with E-state index in [0.717, 1.165) is 13.1 Å². The van der Waals surface area contributed by atoms with Gasteiger partial charge in [0.15, 0.2) is 5.82 Å². The van der Waals surface area contributed by atoms with E-state index in [0.29, 0.717) is 24.1 Å². The molecule has 3 N–H and O–H groups in total. The number of hydrogen-bond donors (Lipinski definition) is 3. The molecule has 1 amide bonds. The van der Waals surface area contributed by atoms with Crippen molar-refractivity contribution in [2.24, 2.45) is 11.8 Å². The lowest BCUT2D eigenvalue weighted by Gasteiger charge is -2.27. The van der Waals surface area contributed by atoms with Crippen molar-refractivity contribution in [2.45, 2.75) is 26.2 Å². The second kappa shape index (κ2) is 6.47. The Morgan fingerprint density at radius 2 is 2.42 bits per heavy atom. The predicted octanol–water partition coefficient (Wildman–Crippen LogP) is 0.734. The summed E-state index contributed by atoms with van der Waals surface area (Å²) >= 11 is 0. The molecule has 0 aliphatic carbocycles. The molecule has 6 heteroatoms. The monoisotopic (exact) mass is 264 g/mol. The van der Waals surface area contributed by atoms with Gasteiger partial charge in [-0.05, 0) is 43.8 Å². The van der Waals surface area contributed by atoms with E-state index in [-0.39, 0.29) is 11.5 Å². The number of nitrogens with zero attached hydrogens (tertiary/aromatic N) is 1. The normalized spacial score (nSPS) is 20.8. The number of nitrogens with one attached hydrogen (secondary N) is 3. The van der Waals surface area contributed by atoms with Crippen LogP contribution in [0.2, 0.25) is 0 Å². The molecular formula is C13H20N4O2.